The van der Waals surface area contributed by atoms with Gasteiger partial charge in [0.2, 0.25) is 0 Å². The number of nitrogens with one attached hydrogen (secondary N) is 1. The summed E-state index contributed by atoms with van der Waals surface area (Å²) in [5.74, 6) is -1.16. The Morgan fingerprint density at radius 2 is 2.22 bits per heavy atom. The van der Waals surface area contributed by atoms with E-state index in [0.29, 0.717) is 18.8 Å². The van der Waals surface area contributed by atoms with Gasteiger partial charge >= 0.3 is 5.97 Å². The Bertz CT molecular complexity index is 736. The van der Waals surface area contributed by atoms with Crippen molar-refractivity contribution in [3.05, 3.63) is 29.6 Å². The summed E-state index contributed by atoms with van der Waals surface area (Å²) in [6.07, 6.45) is 3.35. The minimum absolute atomic E-state index is 0.0117. The van der Waals surface area contributed by atoms with E-state index in [4.69, 9.17) is 5.11 Å². The van der Waals surface area contributed by atoms with Gasteiger partial charge in [0.15, 0.2) is 5.82 Å². The first-order chi connectivity index (χ1) is 10.9. The number of rotatable bonds is 4. The van der Waals surface area contributed by atoms with Gasteiger partial charge in [-0.15, -0.1) is 5.10 Å². The molecule has 9 heteroatoms. The minimum atomic E-state index is -0.882. The molecule has 2 aromatic heterocycles. The number of carbonyl (C=O) groups is 2. The first-order valence-electron chi connectivity index (χ1n) is 7.33. The maximum atomic E-state index is 12.5. The number of H-pyrrole nitrogens is 1. The summed E-state index contributed by atoms with van der Waals surface area (Å²) in [4.78, 5) is 32.2. The molecule has 2 aromatic rings. The Kier molecular flexibility index (Phi) is 3.85. The number of carboxylic acids is 1. The van der Waals surface area contributed by atoms with Crippen LogP contribution in [0.4, 0.5) is 0 Å². The van der Waals surface area contributed by atoms with Crippen molar-refractivity contribution >= 4 is 11.9 Å². The molecule has 2 atom stereocenters. The lowest BCUT2D eigenvalue weighted by molar-refractivity contribution is -0.138. The summed E-state index contributed by atoms with van der Waals surface area (Å²) in [6.45, 7) is 2.60. The number of imidazole rings is 1. The summed E-state index contributed by atoms with van der Waals surface area (Å²) < 4.78 is 1.58. The molecule has 23 heavy (non-hydrogen) atoms. The SMILES string of the molecule is Cc1cnc(C(=O)N2C[C@H](CC(=O)O)[C@H](c3cn(C)nn3)C2)[nH]1. The molecule has 0 aromatic carbocycles. The molecular formula is C14H18N6O3. The third kappa shape index (κ3) is 3.08. The van der Waals surface area contributed by atoms with E-state index < -0.39 is 5.97 Å². The molecule has 1 aliphatic rings. The van der Waals surface area contributed by atoms with Crippen LogP contribution in [0.25, 0.3) is 0 Å². The van der Waals surface area contributed by atoms with Crippen LogP contribution >= 0.6 is 0 Å². The average molecular weight is 318 g/mol. The predicted octanol–water partition coefficient (Wildman–Crippen LogP) is 0.177. The van der Waals surface area contributed by atoms with Gasteiger partial charge in [-0.1, -0.05) is 5.21 Å². The smallest absolute Gasteiger partial charge is 0.303 e. The number of aliphatic carboxylic acids is 1. The van der Waals surface area contributed by atoms with Crippen LogP contribution in [0.1, 0.15) is 34.3 Å². The molecule has 1 aliphatic heterocycles. The van der Waals surface area contributed by atoms with Crippen molar-refractivity contribution in [3.63, 3.8) is 0 Å². The third-order valence-electron chi connectivity index (χ3n) is 4.07. The largest absolute Gasteiger partial charge is 0.481 e. The normalized spacial score (nSPS) is 20.9. The van der Waals surface area contributed by atoms with Crippen LogP contribution < -0.4 is 0 Å². The number of carbonyl (C=O) groups excluding carboxylic acids is 1. The maximum absolute atomic E-state index is 12.5. The maximum Gasteiger partial charge on any atom is 0.303 e. The van der Waals surface area contributed by atoms with Gasteiger partial charge in [-0.3, -0.25) is 14.3 Å². The van der Waals surface area contributed by atoms with Crippen molar-refractivity contribution < 1.29 is 14.7 Å². The Morgan fingerprint density at radius 1 is 1.43 bits per heavy atom. The lowest BCUT2D eigenvalue weighted by Crippen LogP contribution is -2.30. The lowest BCUT2D eigenvalue weighted by Gasteiger charge is -2.14. The van der Waals surface area contributed by atoms with Gasteiger partial charge in [0.25, 0.3) is 5.91 Å². The number of aryl methyl sites for hydroxylation is 2. The summed E-state index contributed by atoms with van der Waals surface area (Å²) >= 11 is 0. The second kappa shape index (κ2) is 5.82. The van der Waals surface area contributed by atoms with Crippen LogP contribution in [0.3, 0.4) is 0 Å². The van der Waals surface area contributed by atoms with Crippen molar-refractivity contribution in [2.45, 2.75) is 19.3 Å². The molecule has 0 aliphatic carbocycles. The van der Waals surface area contributed by atoms with E-state index in [2.05, 4.69) is 20.3 Å². The average Bonchev–Trinajstić information content (AvgIpc) is 3.18. The van der Waals surface area contributed by atoms with Gasteiger partial charge in [0.1, 0.15) is 0 Å². The van der Waals surface area contributed by atoms with Crippen molar-refractivity contribution in [3.8, 4) is 0 Å². The molecule has 0 radical (unpaired) electrons. The van der Waals surface area contributed by atoms with E-state index in [1.54, 1.807) is 29.0 Å². The molecule has 9 nitrogen and oxygen atoms in total. The van der Waals surface area contributed by atoms with E-state index in [1.165, 1.54) is 0 Å². The molecule has 1 saturated heterocycles. The quantitative estimate of drug-likeness (QED) is 0.830. The Labute approximate surface area is 132 Å². The van der Waals surface area contributed by atoms with Crippen LogP contribution in [-0.2, 0) is 11.8 Å². The molecule has 1 amide bonds. The third-order valence-corrected chi connectivity index (χ3v) is 4.07. The van der Waals surface area contributed by atoms with Crippen LogP contribution in [0.15, 0.2) is 12.4 Å². The Hall–Kier alpha value is -2.71. The molecule has 2 N–H and O–H groups in total. The van der Waals surface area contributed by atoms with Gasteiger partial charge in [-0.05, 0) is 12.8 Å². The highest BCUT2D eigenvalue weighted by atomic mass is 16.4. The lowest BCUT2D eigenvalue weighted by atomic mass is 9.91. The minimum Gasteiger partial charge on any atom is -0.481 e. The fourth-order valence-electron chi connectivity index (χ4n) is 3.01. The molecular weight excluding hydrogens is 300 g/mol. The molecule has 3 heterocycles. The van der Waals surface area contributed by atoms with E-state index in [1.807, 2.05) is 6.92 Å². The van der Waals surface area contributed by atoms with Gasteiger partial charge in [-0.25, -0.2) is 4.98 Å². The zero-order valence-corrected chi connectivity index (χ0v) is 12.9. The van der Waals surface area contributed by atoms with Crippen LogP contribution in [0.2, 0.25) is 0 Å². The zero-order valence-electron chi connectivity index (χ0n) is 12.9. The van der Waals surface area contributed by atoms with Gasteiger partial charge in [0.05, 0.1) is 12.1 Å². The number of likely N-dealkylation sites (tertiary alicyclic amines) is 1. The fraction of sp³-hybridized carbons (Fsp3) is 0.500. The van der Waals surface area contributed by atoms with Gasteiger partial charge < -0.3 is 15.0 Å². The van der Waals surface area contributed by atoms with Crippen molar-refractivity contribution in [1.29, 1.82) is 0 Å². The molecule has 3 rings (SSSR count). The summed E-state index contributed by atoms with van der Waals surface area (Å²) in [5.41, 5.74) is 1.52. The van der Waals surface area contributed by atoms with Crippen LogP contribution in [0.5, 0.6) is 0 Å². The van der Waals surface area contributed by atoms with E-state index in [-0.39, 0.29) is 30.0 Å². The molecule has 0 unspecified atom stereocenters. The van der Waals surface area contributed by atoms with Crippen molar-refractivity contribution in [1.82, 2.24) is 29.9 Å². The number of carboxylic acid groups (broad SMARTS) is 1. The number of hydrogen-bond acceptors (Lipinski definition) is 5. The van der Waals surface area contributed by atoms with Crippen LogP contribution in [-0.4, -0.2) is 59.9 Å². The second-order valence-electron chi connectivity index (χ2n) is 5.91. The summed E-state index contributed by atoms with van der Waals surface area (Å²) in [6, 6.07) is 0. The predicted molar refractivity (Wildman–Crippen MR) is 78.7 cm³/mol. The van der Waals surface area contributed by atoms with E-state index in [9.17, 15) is 9.59 Å². The first kappa shape index (κ1) is 15.2. The number of aromatic amines is 1. The Morgan fingerprint density at radius 3 is 2.78 bits per heavy atom. The van der Waals surface area contributed by atoms with Crippen LogP contribution in [0, 0.1) is 12.8 Å². The van der Waals surface area contributed by atoms with Gasteiger partial charge in [0, 0.05) is 44.1 Å². The van der Waals surface area contributed by atoms with E-state index in [0.717, 1.165) is 5.69 Å². The molecule has 0 bridgehead atoms. The monoisotopic (exact) mass is 318 g/mol. The van der Waals surface area contributed by atoms with Crippen molar-refractivity contribution in [2.24, 2.45) is 13.0 Å². The van der Waals surface area contributed by atoms with Crippen molar-refractivity contribution in [2.75, 3.05) is 13.1 Å². The molecule has 0 saturated carbocycles. The highest BCUT2D eigenvalue weighted by molar-refractivity contribution is 5.91. The molecule has 0 spiro atoms. The first-order valence-corrected chi connectivity index (χ1v) is 7.33. The molecule has 1 fully saturated rings. The molecule has 122 valence electrons. The topological polar surface area (TPSA) is 117 Å². The number of aromatic nitrogens is 5. The number of nitrogens with zero attached hydrogens (tertiary/aromatic N) is 5. The highest BCUT2D eigenvalue weighted by Crippen LogP contribution is 2.34. The number of hydrogen-bond donors (Lipinski definition) is 2. The fourth-order valence-corrected chi connectivity index (χ4v) is 3.01. The second-order valence-corrected chi connectivity index (χ2v) is 5.91. The summed E-state index contributed by atoms with van der Waals surface area (Å²) in [5, 5.41) is 17.1. The number of amides is 1. The zero-order chi connectivity index (χ0) is 16.6. The standard InChI is InChI=1S/C14H18N6O3/c1-8-4-15-13(16-8)14(23)20-5-9(3-12(21)22)10(6-20)11-7-19(2)18-17-11/h4,7,9-10H,3,5-6H2,1-2H3,(H,15,16)(H,21,22)/t9-,10+/m0/s1. The summed E-state index contributed by atoms with van der Waals surface area (Å²) in [7, 11) is 1.76. The van der Waals surface area contributed by atoms with Gasteiger partial charge in [-0.2, -0.15) is 0 Å². The van der Waals surface area contributed by atoms with E-state index >= 15 is 0 Å². The Balaban J connectivity index is 1.82. The highest BCUT2D eigenvalue weighted by Gasteiger charge is 2.39.